The van der Waals surface area contributed by atoms with Gasteiger partial charge in [0.15, 0.2) is 0 Å². The molecule has 0 radical (unpaired) electrons. The minimum atomic E-state index is -0.453. The maximum Gasteiger partial charge on any atom is 0.0714 e. The first kappa shape index (κ1) is 28.6. The summed E-state index contributed by atoms with van der Waals surface area (Å²) in [7, 11) is 0. The molecule has 0 saturated carbocycles. The molecule has 0 aromatic heterocycles. The normalized spacial score (nSPS) is 14.5. The van der Waals surface area contributed by atoms with Crippen LogP contribution >= 0.6 is 0 Å². The predicted molar refractivity (Wildman–Crippen MR) is 201 cm³/mol. The minimum absolute atomic E-state index is 0.0871. The molecule has 9 rings (SSSR count). The van der Waals surface area contributed by atoms with E-state index in [1.807, 2.05) is 0 Å². The number of rotatable bonds is 5. The molecule has 1 heteroatoms. The third kappa shape index (κ3) is 4.04. The third-order valence-electron chi connectivity index (χ3n) is 10.8. The van der Waals surface area contributed by atoms with Crippen LogP contribution < -0.4 is 4.90 Å². The van der Waals surface area contributed by atoms with Crippen LogP contribution in [0.4, 0.5) is 17.1 Å². The maximum absolute atomic E-state index is 2.46. The van der Waals surface area contributed by atoms with Gasteiger partial charge in [0.1, 0.15) is 0 Å². The molecule has 7 aromatic rings. The van der Waals surface area contributed by atoms with E-state index >= 15 is 0 Å². The Kier molecular flexibility index (Phi) is 6.36. The van der Waals surface area contributed by atoms with Gasteiger partial charge < -0.3 is 4.90 Å². The molecule has 7 aromatic carbocycles. The number of anilines is 3. The van der Waals surface area contributed by atoms with E-state index in [-0.39, 0.29) is 5.41 Å². The van der Waals surface area contributed by atoms with Crippen LogP contribution in [0.15, 0.2) is 170 Å². The quantitative estimate of drug-likeness (QED) is 0.186. The van der Waals surface area contributed by atoms with Crippen molar-refractivity contribution in [2.75, 3.05) is 4.90 Å². The van der Waals surface area contributed by atoms with Crippen molar-refractivity contribution in [1.29, 1.82) is 0 Å². The lowest BCUT2D eigenvalue weighted by Gasteiger charge is -2.35. The second kappa shape index (κ2) is 10.7. The van der Waals surface area contributed by atoms with E-state index in [1.54, 1.807) is 0 Å². The summed E-state index contributed by atoms with van der Waals surface area (Å²) in [4.78, 5) is 2.45. The van der Waals surface area contributed by atoms with Gasteiger partial charge >= 0.3 is 0 Å². The Bertz CT molecular complexity index is 2270. The molecule has 0 N–H and O–H groups in total. The number of hydrogen-bond donors (Lipinski definition) is 0. The second-order valence-corrected chi connectivity index (χ2v) is 13.8. The molecular formula is C47H37N. The van der Waals surface area contributed by atoms with Gasteiger partial charge in [-0.3, -0.25) is 0 Å². The van der Waals surface area contributed by atoms with E-state index in [9.17, 15) is 0 Å². The Balaban J connectivity index is 1.30. The summed E-state index contributed by atoms with van der Waals surface area (Å²) in [6.45, 7) is 6.88. The average Bonchev–Trinajstić information content (AvgIpc) is 3.56. The summed E-state index contributed by atoms with van der Waals surface area (Å²) in [6, 6.07) is 63.1. The van der Waals surface area contributed by atoms with Crippen LogP contribution in [0.5, 0.6) is 0 Å². The Morgan fingerprint density at radius 1 is 0.375 bits per heavy atom. The van der Waals surface area contributed by atoms with Gasteiger partial charge in [-0.2, -0.15) is 0 Å². The van der Waals surface area contributed by atoms with E-state index in [2.05, 4.69) is 196 Å². The molecule has 0 unspecified atom stereocenters. The summed E-state index contributed by atoms with van der Waals surface area (Å²) in [5, 5.41) is 0. The van der Waals surface area contributed by atoms with E-state index in [0.717, 1.165) is 11.4 Å². The van der Waals surface area contributed by atoms with Crippen LogP contribution in [0.1, 0.15) is 52.8 Å². The fraction of sp³-hybridized carbons (Fsp3) is 0.106. The summed E-state index contributed by atoms with van der Waals surface area (Å²) in [5.41, 5.74) is 17.4. The zero-order valence-corrected chi connectivity index (χ0v) is 27.6. The van der Waals surface area contributed by atoms with E-state index < -0.39 is 5.41 Å². The number of aryl methyl sites for hydroxylation is 1. The highest BCUT2D eigenvalue weighted by Crippen LogP contribution is 2.57. The highest BCUT2D eigenvalue weighted by atomic mass is 15.1. The topological polar surface area (TPSA) is 3.24 Å². The van der Waals surface area contributed by atoms with Crippen LogP contribution in [-0.4, -0.2) is 0 Å². The summed E-state index contributed by atoms with van der Waals surface area (Å²) < 4.78 is 0. The molecule has 0 bridgehead atoms. The van der Waals surface area contributed by atoms with Crippen molar-refractivity contribution in [3.63, 3.8) is 0 Å². The number of hydrogen-bond acceptors (Lipinski definition) is 1. The fourth-order valence-corrected chi connectivity index (χ4v) is 8.54. The lowest BCUT2D eigenvalue weighted by molar-refractivity contribution is 0.660. The smallest absolute Gasteiger partial charge is 0.0714 e. The molecule has 2 aliphatic rings. The van der Waals surface area contributed by atoms with Gasteiger partial charge in [-0.25, -0.2) is 0 Å². The number of nitrogens with zero attached hydrogens (tertiary/aromatic N) is 1. The van der Waals surface area contributed by atoms with Gasteiger partial charge in [0.2, 0.25) is 0 Å². The molecular weight excluding hydrogens is 579 g/mol. The fourth-order valence-electron chi connectivity index (χ4n) is 8.54. The summed E-state index contributed by atoms with van der Waals surface area (Å²) in [6.07, 6.45) is 0. The Hall–Kier alpha value is -5.66. The Morgan fingerprint density at radius 2 is 0.812 bits per heavy atom. The average molecular weight is 616 g/mol. The van der Waals surface area contributed by atoms with Crippen LogP contribution in [0.3, 0.4) is 0 Å². The molecule has 48 heavy (non-hydrogen) atoms. The first-order chi connectivity index (χ1) is 23.5. The molecule has 0 amide bonds. The number of benzene rings is 7. The lowest BCUT2D eigenvalue weighted by atomic mass is 9.67. The van der Waals surface area contributed by atoms with Gasteiger partial charge in [-0.1, -0.05) is 153 Å². The lowest BCUT2D eigenvalue weighted by Crippen LogP contribution is -2.28. The van der Waals surface area contributed by atoms with E-state index in [1.165, 1.54) is 66.9 Å². The van der Waals surface area contributed by atoms with Gasteiger partial charge in [-0.05, 0) is 99.0 Å². The van der Waals surface area contributed by atoms with Crippen molar-refractivity contribution in [1.82, 2.24) is 0 Å². The van der Waals surface area contributed by atoms with Crippen LogP contribution in [0, 0.1) is 6.92 Å². The zero-order valence-electron chi connectivity index (χ0n) is 27.6. The first-order valence-electron chi connectivity index (χ1n) is 16.9. The molecule has 0 atom stereocenters. The van der Waals surface area contributed by atoms with Crippen LogP contribution in [0.25, 0.3) is 22.3 Å². The van der Waals surface area contributed by atoms with Gasteiger partial charge in [0.05, 0.1) is 5.41 Å². The molecule has 0 aliphatic heterocycles. The largest absolute Gasteiger partial charge is 0.310 e. The monoisotopic (exact) mass is 615 g/mol. The van der Waals surface area contributed by atoms with E-state index in [4.69, 9.17) is 0 Å². The molecule has 0 spiro atoms. The molecule has 1 nitrogen and oxygen atoms in total. The highest BCUT2D eigenvalue weighted by Gasteiger charge is 2.46. The molecule has 2 aliphatic carbocycles. The summed E-state index contributed by atoms with van der Waals surface area (Å²) >= 11 is 0. The van der Waals surface area contributed by atoms with Crippen LogP contribution in [-0.2, 0) is 10.8 Å². The van der Waals surface area contributed by atoms with Crippen molar-refractivity contribution < 1.29 is 0 Å². The minimum Gasteiger partial charge on any atom is -0.310 e. The van der Waals surface area contributed by atoms with Gasteiger partial charge in [-0.15, -0.1) is 0 Å². The van der Waals surface area contributed by atoms with Gasteiger partial charge in [0, 0.05) is 22.5 Å². The predicted octanol–water partition coefficient (Wildman–Crippen LogP) is 12.1. The highest BCUT2D eigenvalue weighted by molar-refractivity contribution is 5.90. The van der Waals surface area contributed by atoms with Crippen molar-refractivity contribution in [3.05, 3.63) is 209 Å². The third-order valence-corrected chi connectivity index (χ3v) is 10.8. The molecule has 0 fully saturated rings. The van der Waals surface area contributed by atoms with Crippen molar-refractivity contribution >= 4 is 17.1 Å². The Morgan fingerprint density at radius 3 is 1.42 bits per heavy atom. The molecule has 230 valence electrons. The second-order valence-electron chi connectivity index (χ2n) is 13.8. The summed E-state index contributed by atoms with van der Waals surface area (Å²) in [5.74, 6) is 0. The number of fused-ring (bicyclic) bond motifs is 6. The standard InChI is InChI=1S/C47H37N/c1-32-22-24-35(25-23-32)48(36-26-28-40-38-18-10-12-20-42(38)46(2,3)44(40)30-36)37-27-29-41-39-19-11-13-21-43(39)47(45(41)31-37,33-14-6-4-7-15-33)34-16-8-5-9-17-34/h4-31H,1-3H3. The SMILES string of the molecule is Cc1ccc(N(c2ccc3c(c2)C(C)(C)c2ccccc2-3)c2ccc3c(c2)C(c2ccccc2)(c2ccccc2)c2ccccc2-3)cc1. The molecule has 0 heterocycles. The zero-order chi connectivity index (χ0) is 32.5. The van der Waals surface area contributed by atoms with Crippen LogP contribution in [0.2, 0.25) is 0 Å². The van der Waals surface area contributed by atoms with Crippen molar-refractivity contribution in [2.45, 2.75) is 31.6 Å². The maximum atomic E-state index is 2.46. The first-order valence-corrected chi connectivity index (χ1v) is 16.9. The van der Waals surface area contributed by atoms with Crippen molar-refractivity contribution in [3.8, 4) is 22.3 Å². The Labute approximate surface area is 283 Å². The van der Waals surface area contributed by atoms with Crippen molar-refractivity contribution in [2.24, 2.45) is 0 Å². The van der Waals surface area contributed by atoms with Gasteiger partial charge in [0.25, 0.3) is 0 Å². The molecule has 0 saturated heterocycles. The van der Waals surface area contributed by atoms with E-state index in [0.29, 0.717) is 0 Å².